The second-order valence-corrected chi connectivity index (χ2v) is 10.0. The summed E-state index contributed by atoms with van der Waals surface area (Å²) in [6, 6.07) is 9.19. The number of benzene rings is 2. The third kappa shape index (κ3) is 5.83. The highest BCUT2D eigenvalue weighted by Gasteiger charge is 2.52. The van der Waals surface area contributed by atoms with Crippen molar-refractivity contribution in [3.8, 4) is 5.75 Å². The molecule has 0 atom stereocenters. The Morgan fingerprint density at radius 3 is 2.26 bits per heavy atom. The van der Waals surface area contributed by atoms with Crippen molar-refractivity contribution < 1.29 is 33.1 Å². The minimum atomic E-state index is -0.632. The highest BCUT2D eigenvalue weighted by atomic mass is 79.9. The lowest BCUT2D eigenvalue weighted by Crippen LogP contribution is -2.41. The van der Waals surface area contributed by atoms with Gasteiger partial charge >= 0.3 is 13.1 Å². The van der Waals surface area contributed by atoms with Crippen molar-refractivity contribution in [2.24, 2.45) is 0 Å². The van der Waals surface area contributed by atoms with E-state index >= 15 is 0 Å². The van der Waals surface area contributed by atoms with E-state index in [0.717, 1.165) is 26.6 Å². The molecule has 3 rings (SSSR count). The van der Waals surface area contributed by atoms with Crippen LogP contribution in [0.3, 0.4) is 0 Å². The Labute approximate surface area is 210 Å². The number of aryl methyl sites for hydroxylation is 1. The van der Waals surface area contributed by atoms with Gasteiger partial charge in [-0.25, -0.2) is 4.79 Å². The smallest absolute Gasteiger partial charge is 0.468 e. The van der Waals surface area contributed by atoms with Crippen molar-refractivity contribution >= 4 is 34.5 Å². The highest BCUT2D eigenvalue weighted by molar-refractivity contribution is 9.10. The normalized spacial score (nSPS) is 16.5. The topological polar surface area (TPSA) is 72.5 Å². The van der Waals surface area contributed by atoms with Crippen LogP contribution in [0.25, 0.3) is 0 Å². The largest absolute Gasteiger partial charge is 0.495 e. The predicted molar refractivity (Wildman–Crippen MR) is 133 cm³/mol. The lowest BCUT2D eigenvalue weighted by molar-refractivity contribution is 0.00578. The van der Waals surface area contributed by atoms with Crippen LogP contribution in [0.1, 0.15) is 54.7 Å². The van der Waals surface area contributed by atoms with Crippen LogP contribution in [0.15, 0.2) is 34.8 Å². The zero-order valence-electron chi connectivity index (χ0n) is 20.8. The molecule has 0 N–H and O–H groups in total. The number of ether oxygens (including phenoxy) is 4. The van der Waals surface area contributed by atoms with Crippen LogP contribution in [0.5, 0.6) is 5.75 Å². The van der Waals surface area contributed by atoms with Gasteiger partial charge in [-0.1, -0.05) is 22.0 Å². The number of carbonyl (C=O) groups excluding carboxylic acids is 1. The summed E-state index contributed by atoms with van der Waals surface area (Å²) >= 11 is 3.64. The summed E-state index contributed by atoms with van der Waals surface area (Å²) in [5.74, 6) is 0.291. The van der Waals surface area contributed by atoms with E-state index in [1.807, 2.05) is 52.8 Å². The summed E-state index contributed by atoms with van der Waals surface area (Å²) in [6.07, 6.45) is 0. The van der Waals surface area contributed by atoms with E-state index in [4.69, 9.17) is 28.3 Å². The molecule has 2 aromatic rings. The molecular formula is C25H32BBrO7. The van der Waals surface area contributed by atoms with Crippen LogP contribution < -0.4 is 10.2 Å². The molecule has 7 nitrogen and oxygen atoms in total. The second-order valence-electron chi connectivity index (χ2n) is 9.25. The predicted octanol–water partition coefficient (Wildman–Crippen LogP) is 4.54. The van der Waals surface area contributed by atoms with Gasteiger partial charge in [-0.3, -0.25) is 0 Å². The molecule has 0 spiro atoms. The molecule has 1 fully saturated rings. The Balaban J connectivity index is 1.82. The van der Waals surface area contributed by atoms with Crippen LogP contribution in [0, 0.1) is 6.92 Å². The van der Waals surface area contributed by atoms with Gasteiger partial charge in [0.05, 0.1) is 37.1 Å². The van der Waals surface area contributed by atoms with Crippen molar-refractivity contribution in [1.82, 2.24) is 0 Å². The zero-order valence-corrected chi connectivity index (χ0v) is 22.4. The van der Waals surface area contributed by atoms with Crippen molar-refractivity contribution in [3.05, 3.63) is 57.1 Å². The van der Waals surface area contributed by atoms with Crippen LogP contribution in [0.2, 0.25) is 0 Å². The maximum atomic E-state index is 12.2. The first kappa shape index (κ1) is 26.7. The molecule has 0 aliphatic carbocycles. The Morgan fingerprint density at radius 2 is 1.65 bits per heavy atom. The van der Waals surface area contributed by atoms with Crippen molar-refractivity contribution in [3.63, 3.8) is 0 Å². The van der Waals surface area contributed by atoms with Crippen LogP contribution in [0.4, 0.5) is 0 Å². The quantitative estimate of drug-likeness (QED) is 0.265. The molecule has 0 aromatic heterocycles. The molecule has 0 radical (unpaired) electrons. The number of rotatable bonds is 9. The summed E-state index contributed by atoms with van der Waals surface area (Å²) in [5.41, 5.74) is 3.00. The van der Waals surface area contributed by atoms with Crippen molar-refractivity contribution in [1.29, 1.82) is 0 Å². The molecule has 0 amide bonds. The van der Waals surface area contributed by atoms with E-state index in [1.54, 1.807) is 19.2 Å². The first-order chi connectivity index (χ1) is 16.0. The molecule has 2 aromatic carbocycles. The maximum absolute atomic E-state index is 12.2. The van der Waals surface area contributed by atoms with E-state index in [1.165, 1.54) is 7.11 Å². The van der Waals surface area contributed by atoms with Gasteiger partial charge in [0.25, 0.3) is 0 Å². The van der Waals surface area contributed by atoms with Gasteiger partial charge in [0.15, 0.2) is 6.79 Å². The summed E-state index contributed by atoms with van der Waals surface area (Å²) in [4.78, 5) is 12.2. The Morgan fingerprint density at radius 1 is 1.00 bits per heavy atom. The molecule has 1 saturated heterocycles. The number of hydrogen-bond donors (Lipinski definition) is 0. The van der Waals surface area contributed by atoms with Crippen molar-refractivity contribution in [2.75, 3.05) is 21.0 Å². The Bertz CT molecular complexity index is 1020. The lowest BCUT2D eigenvalue weighted by Gasteiger charge is -2.32. The fourth-order valence-corrected chi connectivity index (χ4v) is 3.90. The molecule has 184 valence electrons. The fraction of sp³-hybridized carbons (Fsp3) is 0.480. The third-order valence-electron chi connectivity index (χ3n) is 6.24. The Hall–Kier alpha value is -1.91. The van der Waals surface area contributed by atoms with Crippen LogP contribution >= 0.6 is 15.9 Å². The molecule has 9 heteroatoms. The molecule has 0 bridgehead atoms. The van der Waals surface area contributed by atoms with Gasteiger partial charge < -0.3 is 28.3 Å². The molecule has 1 aliphatic rings. The van der Waals surface area contributed by atoms with Gasteiger partial charge in [-0.05, 0) is 81.0 Å². The molecular weight excluding hydrogens is 503 g/mol. The lowest BCUT2D eigenvalue weighted by atomic mass is 9.75. The minimum absolute atomic E-state index is 0.172. The van der Waals surface area contributed by atoms with Gasteiger partial charge in [0, 0.05) is 11.6 Å². The Kier molecular flexibility index (Phi) is 8.47. The second kappa shape index (κ2) is 10.8. The average molecular weight is 535 g/mol. The number of hydrogen-bond acceptors (Lipinski definition) is 7. The molecule has 0 unspecified atom stereocenters. The number of carbonyl (C=O) groups is 1. The first-order valence-electron chi connectivity index (χ1n) is 11.0. The van der Waals surface area contributed by atoms with E-state index < -0.39 is 24.3 Å². The van der Waals surface area contributed by atoms with E-state index in [-0.39, 0.29) is 6.79 Å². The van der Waals surface area contributed by atoms with Crippen LogP contribution in [-0.2, 0) is 36.7 Å². The first-order valence-corrected chi connectivity index (χ1v) is 11.8. The van der Waals surface area contributed by atoms with Crippen molar-refractivity contribution in [2.45, 2.75) is 59.0 Å². The van der Waals surface area contributed by atoms with Gasteiger partial charge in [0.2, 0.25) is 0 Å². The minimum Gasteiger partial charge on any atom is -0.468 e. The van der Waals surface area contributed by atoms with E-state index in [2.05, 4.69) is 15.9 Å². The summed E-state index contributed by atoms with van der Waals surface area (Å²) < 4.78 is 35.0. The van der Waals surface area contributed by atoms with Crippen LogP contribution in [-0.4, -0.2) is 45.3 Å². The average Bonchev–Trinajstić information content (AvgIpc) is 3.01. The van der Waals surface area contributed by atoms with Gasteiger partial charge in [-0.15, -0.1) is 0 Å². The molecule has 1 aliphatic heterocycles. The standard InChI is InChI=1S/C25H32BBrO7/c1-16-10-20(32-15-29-6)11-19(22(16)27)14-31-13-18-9-8-17(23(28)30-7)12-21(18)26-33-24(2,3)25(4,5)34-26/h8-12H,13-15H2,1-7H3. The SMILES string of the molecule is COCOc1cc(C)c(Br)c(COCc2ccc(C(=O)OC)cc2B2OC(C)(C)C(C)(C)O2)c1. The molecule has 0 saturated carbocycles. The highest BCUT2D eigenvalue weighted by Crippen LogP contribution is 2.37. The summed E-state index contributed by atoms with van der Waals surface area (Å²) in [5, 5.41) is 0. The number of esters is 1. The summed E-state index contributed by atoms with van der Waals surface area (Å²) in [6.45, 7) is 10.8. The monoisotopic (exact) mass is 534 g/mol. The fourth-order valence-electron chi connectivity index (χ4n) is 3.55. The van der Waals surface area contributed by atoms with Gasteiger partial charge in [0.1, 0.15) is 5.75 Å². The molecule has 34 heavy (non-hydrogen) atoms. The zero-order chi connectivity index (χ0) is 25.1. The molecule has 1 heterocycles. The number of halogens is 1. The van der Waals surface area contributed by atoms with Gasteiger partial charge in [-0.2, -0.15) is 0 Å². The third-order valence-corrected chi connectivity index (χ3v) is 7.37. The maximum Gasteiger partial charge on any atom is 0.495 e. The summed E-state index contributed by atoms with van der Waals surface area (Å²) in [7, 11) is 2.31. The number of methoxy groups -OCH3 is 2. The van der Waals surface area contributed by atoms with E-state index in [9.17, 15) is 4.79 Å². The van der Waals surface area contributed by atoms with E-state index in [0.29, 0.717) is 24.5 Å².